The third kappa shape index (κ3) is 5.50. The summed E-state index contributed by atoms with van der Waals surface area (Å²) < 4.78 is 21.6. The van der Waals surface area contributed by atoms with Gasteiger partial charge in [0, 0.05) is 39.3 Å². The van der Waals surface area contributed by atoms with Crippen molar-refractivity contribution in [3.05, 3.63) is 264 Å². The van der Waals surface area contributed by atoms with Gasteiger partial charge in [-0.3, -0.25) is 0 Å². The van der Waals surface area contributed by atoms with Crippen LogP contribution in [0.1, 0.15) is 33.4 Å². The summed E-state index contributed by atoms with van der Waals surface area (Å²) in [6.45, 7) is 0. The second-order valence-electron chi connectivity index (χ2n) is 17.5. The number of furan rings is 1. The Balaban J connectivity index is 1.18. The standard InChI is InChI=1S/C63H40N2O3/c1-5-21-41(22-6-1)64(42-23-7-2-8-24-42)54-39-52-47(60-59(54)49-31-15-18-34-56(49)66-60)37-38-48-53(63(52)50-32-16-13-29-45(50)46-30-14-17-33-51(46)63)40-55(62-61(48)67-57-35-19-20-36-58(57)68-62)65(43-25-9-3-10-26-43)44-27-11-4-12-28-44/h1-40H. The first kappa shape index (κ1) is 38.2. The number of anilines is 6. The average Bonchev–Trinajstić information content (AvgIpc) is 3.89. The number of hydrogen-bond acceptors (Lipinski definition) is 5. The van der Waals surface area contributed by atoms with Crippen molar-refractivity contribution in [1.29, 1.82) is 0 Å². The second kappa shape index (κ2) is 15.0. The summed E-state index contributed by atoms with van der Waals surface area (Å²) in [6.07, 6.45) is 4.49. The van der Waals surface area contributed by atoms with Gasteiger partial charge in [0.1, 0.15) is 11.2 Å². The van der Waals surface area contributed by atoms with Crippen LogP contribution in [0, 0.1) is 0 Å². The van der Waals surface area contributed by atoms with Gasteiger partial charge in [-0.05, 0) is 112 Å². The summed E-state index contributed by atoms with van der Waals surface area (Å²) in [6, 6.07) is 81.5. The predicted octanol–water partition coefficient (Wildman–Crippen LogP) is 17.3. The summed E-state index contributed by atoms with van der Waals surface area (Å²) in [5, 5.41) is 2.08. The number of nitrogens with zero attached hydrogens (tertiary/aromatic N) is 2. The first-order valence-corrected chi connectivity index (χ1v) is 23.1. The van der Waals surface area contributed by atoms with E-state index in [4.69, 9.17) is 13.9 Å². The zero-order valence-electron chi connectivity index (χ0n) is 36.7. The molecule has 320 valence electrons. The highest BCUT2D eigenvalue weighted by molar-refractivity contribution is 6.17. The first-order chi connectivity index (χ1) is 33.8. The summed E-state index contributed by atoms with van der Waals surface area (Å²) in [7, 11) is 0. The third-order valence-corrected chi connectivity index (χ3v) is 13.9. The molecule has 0 saturated heterocycles. The molecule has 0 amide bonds. The molecule has 0 radical (unpaired) electrons. The maximum Gasteiger partial charge on any atom is 0.194 e. The lowest BCUT2D eigenvalue weighted by Gasteiger charge is -2.39. The van der Waals surface area contributed by atoms with Crippen LogP contribution in [-0.4, -0.2) is 0 Å². The lowest BCUT2D eigenvalue weighted by molar-refractivity contribution is 0.359. The normalized spacial score (nSPS) is 13.3. The van der Waals surface area contributed by atoms with Crippen LogP contribution < -0.4 is 19.3 Å². The molecule has 0 saturated carbocycles. The largest absolute Gasteiger partial charge is 0.455 e. The topological polar surface area (TPSA) is 38.1 Å². The molecule has 0 N–H and O–H groups in total. The SMILES string of the molecule is C1=Cc2c(cc(N(c3ccccc3)c3ccccc3)c3c2oc2ccccc23)C2(c3ccccc3-c3ccccc32)c2cc(N(c3ccccc3)c3ccccc3)c3c(c21)Oc1ccccc1O3. The number of rotatable bonds is 6. The molecule has 68 heavy (non-hydrogen) atoms. The van der Waals surface area contributed by atoms with Gasteiger partial charge in [0.25, 0.3) is 0 Å². The van der Waals surface area contributed by atoms with E-state index < -0.39 is 5.41 Å². The van der Waals surface area contributed by atoms with E-state index in [1.54, 1.807) is 0 Å². The van der Waals surface area contributed by atoms with E-state index in [0.29, 0.717) is 23.0 Å². The fourth-order valence-corrected chi connectivity index (χ4v) is 11.2. The van der Waals surface area contributed by atoms with Crippen molar-refractivity contribution >= 4 is 68.2 Å². The fourth-order valence-electron chi connectivity index (χ4n) is 11.2. The van der Waals surface area contributed by atoms with Gasteiger partial charge < -0.3 is 23.7 Å². The Hall–Kier alpha value is -9.06. The highest BCUT2D eigenvalue weighted by Crippen LogP contribution is 2.65. The lowest BCUT2D eigenvalue weighted by Crippen LogP contribution is -2.31. The molecule has 3 aliphatic rings. The van der Waals surface area contributed by atoms with Crippen LogP contribution in [0.15, 0.2) is 235 Å². The molecule has 2 heterocycles. The number of para-hydroxylation sites is 7. The zero-order valence-corrected chi connectivity index (χ0v) is 36.7. The Morgan fingerprint density at radius 3 is 1.35 bits per heavy atom. The summed E-state index contributed by atoms with van der Waals surface area (Å²) in [4.78, 5) is 4.69. The molecule has 0 bridgehead atoms. The summed E-state index contributed by atoms with van der Waals surface area (Å²) in [5.74, 6) is 2.60. The molecule has 0 unspecified atom stereocenters. The molecule has 5 heteroatoms. The fraction of sp³-hybridized carbons (Fsp3) is 0.0159. The maximum absolute atomic E-state index is 7.25. The van der Waals surface area contributed by atoms with E-state index in [1.165, 1.54) is 22.3 Å². The van der Waals surface area contributed by atoms with Gasteiger partial charge in [-0.1, -0.05) is 164 Å². The highest BCUT2D eigenvalue weighted by Gasteiger charge is 2.51. The van der Waals surface area contributed by atoms with Crippen LogP contribution in [0.25, 0.3) is 45.2 Å². The monoisotopic (exact) mass is 872 g/mol. The Bertz CT molecular complexity index is 3680. The van der Waals surface area contributed by atoms with Crippen LogP contribution in [0.5, 0.6) is 23.0 Å². The van der Waals surface area contributed by atoms with E-state index in [0.717, 1.165) is 78.3 Å². The average molecular weight is 873 g/mol. The maximum atomic E-state index is 7.25. The molecule has 1 spiro atoms. The Morgan fingerprint density at radius 1 is 0.353 bits per heavy atom. The quantitative estimate of drug-likeness (QED) is 0.166. The van der Waals surface area contributed by atoms with Gasteiger partial charge >= 0.3 is 0 Å². The van der Waals surface area contributed by atoms with E-state index >= 15 is 0 Å². The Morgan fingerprint density at radius 2 is 0.779 bits per heavy atom. The van der Waals surface area contributed by atoms with E-state index in [9.17, 15) is 0 Å². The number of benzene rings is 10. The van der Waals surface area contributed by atoms with Crippen LogP contribution in [0.3, 0.4) is 0 Å². The van der Waals surface area contributed by atoms with Gasteiger partial charge in [0.05, 0.1) is 22.2 Å². The second-order valence-corrected chi connectivity index (χ2v) is 17.5. The number of hydrogen-bond donors (Lipinski definition) is 0. The molecule has 14 rings (SSSR count). The van der Waals surface area contributed by atoms with Crippen LogP contribution in [0.2, 0.25) is 0 Å². The van der Waals surface area contributed by atoms with Gasteiger partial charge in [-0.2, -0.15) is 0 Å². The van der Waals surface area contributed by atoms with Crippen molar-refractivity contribution < 1.29 is 13.9 Å². The van der Waals surface area contributed by atoms with E-state index in [2.05, 4.69) is 228 Å². The van der Waals surface area contributed by atoms with E-state index in [1.807, 2.05) is 24.3 Å². The zero-order chi connectivity index (χ0) is 44.8. The van der Waals surface area contributed by atoms with Crippen molar-refractivity contribution in [2.75, 3.05) is 9.80 Å². The Kier molecular flexibility index (Phi) is 8.43. The molecule has 0 fully saturated rings. The van der Waals surface area contributed by atoms with Gasteiger partial charge in [-0.15, -0.1) is 0 Å². The Labute approximate surface area is 393 Å². The van der Waals surface area contributed by atoms with Crippen LogP contribution >= 0.6 is 0 Å². The third-order valence-electron chi connectivity index (χ3n) is 13.9. The molecule has 1 aromatic heterocycles. The molecule has 11 aromatic rings. The van der Waals surface area contributed by atoms with Crippen molar-refractivity contribution in [2.24, 2.45) is 0 Å². The van der Waals surface area contributed by atoms with Gasteiger partial charge in [0.15, 0.2) is 23.0 Å². The molecular formula is C63H40N2O3. The van der Waals surface area contributed by atoms with Crippen molar-refractivity contribution in [3.8, 4) is 34.1 Å². The van der Waals surface area contributed by atoms with Crippen molar-refractivity contribution in [3.63, 3.8) is 0 Å². The number of fused-ring (bicyclic) bond motifs is 16. The minimum atomic E-state index is -0.911. The van der Waals surface area contributed by atoms with Gasteiger partial charge in [0.2, 0.25) is 0 Å². The molecule has 1 aliphatic heterocycles. The predicted molar refractivity (Wildman–Crippen MR) is 276 cm³/mol. The highest BCUT2D eigenvalue weighted by atomic mass is 16.6. The molecule has 0 atom stereocenters. The van der Waals surface area contributed by atoms with E-state index in [-0.39, 0.29) is 0 Å². The minimum absolute atomic E-state index is 0.634. The first-order valence-electron chi connectivity index (χ1n) is 23.1. The minimum Gasteiger partial charge on any atom is -0.455 e. The van der Waals surface area contributed by atoms with Gasteiger partial charge in [-0.25, -0.2) is 0 Å². The summed E-state index contributed by atoms with van der Waals surface area (Å²) in [5.41, 5.74) is 15.4. The van der Waals surface area contributed by atoms with Crippen molar-refractivity contribution in [1.82, 2.24) is 0 Å². The molecular weight excluding hydrogens is 833 g/mol. The lowest BCUT2D eigenvalue weighted by atomic mass is 9.65. The smallest absolute Gasteiger partial charge is 0.194 e. The summed E-state index contributed by atoms with van der Waals surface area (Å²) >= 11 is 0. The van der Waals surface area contributed by atoms with Crippen LogP contribution in [-0.2, 0) is 5.41 Å². The van der Waals surface area contributed by atoms with Crippen molar-refractivity contribution in [2.45, 2.75) is 5.41 Å². The molecule has 2 aliphatic carbocycles. The number of ether oxygens (including phenoxy) is 2. The van der Waals surface area contributed by atoms with Crippen LogP contribution in [0.4, 0.5) is 34.1 Å². The molecule has 10 aromatic carbocycles. The molecule has 5 nitrogen and oxygen atoms in total.